The van der Waals surface area contributed by atoms with Crippen LogP contribution in [0.3, 0.4) is 0 Å². The van der Waals surface area contributed by atoms with E-state index in [4.69, 9.17) is 4.74 Å². The lowest BCUT2D eigenvalue weighted by molar-refractivity contribution is -0.132. The molecule has 0 N–H and O–H groups in total. The number of piperazine rings is 1. The minimum atomic E-state index is -0.0166. The van der Waals surface area contributed by atoms with Crippen LogP contribution >= 0.6 is 0 Å². The fourth-order valence-corrected chi connectivity index (χ4v) is 4.81. The molecule has 3 aliphatic rings. The van der Waals surface area contributed by atoms with Gasteiger partial charge in [0.05, 0.1) is 5.60 Å². The van der Waals surface area contributed by atoms with Gasteiger partial charge in [-0.25, -0.2) is 0 Å². The average molecular weight is 361 g/mol. The number of amides is 1. The molecule has 6 heteroatoms. The minimum absolute atomic E-state index is 0.0166. The number of ether oxygens (including phenoxy) is 1. The zero-order chi connectivity index (χ0) is 18.1. The van der Waals surface area contributed by atoms with Crippen molar-refractivity contribution in [1.29, 1.82) is 0 Å². The van der Waals surface area contributed by atoms with Gasteiger partial charge in [-0.1, -0.05) is 0 Å². The first kappa shape index (κ1) is 18.0. The number of likely N-dealkylation sites (N-methyl/N-ethyl adjacent to an activating group) is 1. The van der Waals surface area contributed by atoms with Crippen LogP contribution in [-0.4, -0.2) is 89.7 Å². The fourth-order valence-electron chi connectivity index (χ4n) is 4.81. The van der Waals surface area contributed by atoms with E-state index in [1.54, 1.807) is 0 Å². The van der Waals surface area contributed by atoms with Gasteiger partial charge < -0.3 is 19.1 Å². The second-order valence-corrected chi connectivity index (χ2v) is 8.31. The summed E-state index contributed by atoms with van der Waals surface area (Å²) in [5.41, 5.74) is 0.762. The molecule has 1 amide bonds. The Morgan fingerprint density at radius 1 is 1.12 bits per heavy atom. The van der Waals surface area contributed by atoms with Gasteiger partial charge in [0.1, 0.15) is 5.69 Å². The van der Waals surface area contributed by atoms with E-state index in [1.807, 2.05) is 34.8 Å². The standard InChI is InChI=1S/C20H32N4O2/c1-21-11-13-23(14-12-21)17-5-15-26-20(16-17)6-9-24(10-7-20)19(25)18-4-3-8-22(18)2/h3-4,8,17H,5-7,9-16H2,1-2H3. The quantitative estimate of drug-likeness (QED) is 0.800. The van der Waals surface area contributed by atoms with E-state index < -0.39 is 0 Å². The average Bonchev–Trinajstić information content (AvgIpc) is 3.08. The second kappa shape index (κ2) is 7.33. The third-order valence-electron chi connectivity index (χ3n) is 6.65. The Morgan fingerprint density at radius 2 is 1.85 bits per heavy atom. The molecule has 0 saturated carbocycles. The topological polar surface area (TPSA) is 41.0 Å². The van der Waals surface area contributed by atoms with Crippen LogP contribution in [0.1, 0.15) is 36.2 Å². The third kappa shape index (κ3) is 3.55. The van der Waals surface area contributed by atoms with Crippen LogP contribution in [0.5, 0.6) is 0 Å². The molecule has 26 heavy (non-hydrogen) atoms. The van der Waals surface area contributed by atoms with Crippen LogP contribution < -0.4 is 0 Å². The summed E-state index contributed by atoms with van der Waals surface area (Å²) >= 11 is 0. The predicted octanol–water partition coefficient (Wildman–Crippen LogP) is 1.43. The highest BCUT2D eigenvalue weighted by atomic mass is 16.5. The molecule has 3 aliphatic heterocycles. The van der Waals surface area contributed by atoms with Crippen molar-refractivity contribution < 1.29 is 9.53 Å². The highest BCUT2D eigenvalue weighted by molar-refractivity contribution is 5.92. The van der Waals surface area contributed by atoms with Gasteiger partial charge in [-0.2, -0.15) is 0 Å². The van der Waals surface area contributed by atoms with Crippen molar-refractivity contribution in [2.24, 2.45) is 7.05 Å². The zero-order valence-electron chi connectivity index (χ0n) is 16.2. The Hall–Kier alpha value is -1.37. The predicted molar refractivity (Wildman–Crippen MR) is 101 cm³/mol. The van der Waals surface area contributed by atoms with Gasteiger partial charge >= 0.3 is 0 Å². The maximum atomic E-state index is 12.7. The first-order valence-electron chi connectivity index (χ1n) is 10.0. The summed E-state index contributed by atoms with van der Waals surface area (Å²) in [4.78, 5) is 19.8. The van der Waals surface area contributed by atoms with Gasteiger partial charge in [0.25, 0.3) is 5.91 Å². The molecule has 0 aliphatic carbocycles. The molecule has 1 atom stereocenters. The van der Waals surface area contributed by atoms with E-state index in [2.05, 4.69) is 16.8 Å². The van der Waals surface area contributed by atoms with Crippen molar-refractivity contribution in [3.05, 3.63) is 24.0 Å². The molecule has 1 aromatic rings. The number of carbonyl (C=O) groups is 1. The number of aryl methyl sites for hydroxylation is 1. The number of hydrogen-bond donors (Lipinski definition) is 0. The van der Waals surface area contributed by atoms with Crippen molar-refractivity contribution in [2.45, 2.75) is 37.3 Å². The summed E-state index contributed by atoms with van der Waals surface area (Å²) in [7, 11) is 4.14. The Bertz CT molecular complexity index is 628. The number of hydrogen-bond acceptors (Lipinski definition) is 4. The van der Waals surface area contributed by atoms with Gasteiger partial charge in [-0.05, 0) is 44.9 Å². The van der Waals surface area contributed by atoms with Crippen LogP contribution in [0.15, 0.2) is 18.3 Å². The molecule has 144 valence electrons. The van der Waals surface area contributed by atoms with E-state index in [0.717, 1.165) is 51.1 Å². The first-order valence-corrected chi connectivity index (χ1v) is 10.0. The summed E-state index contributed by atoms with van der Waals surface area (Å²) in [6.07, 6.45) is 6.14. The number of rotatable bonds is 2. The highest BCUT2D eigenvalue weighted by Gasteiger charge is 2.43. The lowest BCUT2D eigenvalue weighted by Crippen LogP contribution is -2.57. The summed E-state index contributed by atoms with van der Waals surface area (Å²) in [6.45, 7) is 7.17. The van der Waals surface area contributed by atoms with Gasteiger partial charge in [-0.15, -0.1) is 0 Å². The van der Waals surface area contributed by atoms with Crippen LogP contribution in [0, 0.1) is 0 Å². The van der Waals surface area contributed by atoms with Crippen molar-refractivity contribution in [1.82, 2.24) is 19.3 Å². The van der Waals surface area contributed by atoms with Gasteiger partial charge in [0, 0.05) is 65.2 Å². The second-order valence-electron chi connectivity index (χ2n) is 8.31. The van der Waals surface area contributed by atoms with Gasteiger partial charge in [0.15, 0.2) is 0 Å². The molecule has 1 spiro atoms. The number of piperidine rings is 1. The van der Waals surface area contributed by atoms with Gasteiger partial charge in [-0.3, -0.25) is 9.69 Å². The smallest absolute Gasteiger partial charge is 0.270 e. The zero-order valence-corrected chi connectivity index (χ0v) is 16.2. The van der Waals surface area contributed by atoms with Crippen molar-refractivity contribution in [2.75, 3.05) is 52.9 Å². The Labute approximate surface area is 156 Å². The summed E-state index contributed by atoms with van der Waals surface area (Å²) in [5.74, 6) is 0.152. The first-order chi connectivity index (χ1) is 12.6. The van der Waals surface area contributed by atoms with E-state index in [-0.39, 0.29) is 11.5 Å². The molecule has 4 heterocycles. The summed E-state index contributed by atoms with van der Waals surface area (Å²) in [5, 5.41) is 0. The van der Waals surface area contributed by atoms with Crippen molar-refractivity contribution >= 4 is 5.91 Å². The number of aromatic nitrogens is 1. The van der Waals surface area contributed by atoms with E-state index >= 15 is 0 Å². The molecule has 4 rings (SSSR count). The lowest BCUT2D eigenvalue weighted by Gasteiger charge is -2.49. The van der Waals surface area contributed by atoms with Crippen LogP contribution in [-0.2, 0) is 11.8 Å². The molecular formula is C20H32N4O2. The van der Waals surface area contributed by atoms with Crippen LogP contribution in [0.4, 0.5) is 0 Å². The number of carbonyl (C=O) groups excluding carboxylic acids is 1. The molecule has 6 nitrogen and oxygen atoms in total. The molecule has 1 unspecified atom stereocenters. The summed E-state index contributed by atoms with van der Waals surface area (Å²) in [6, 6.07) is 4.49. The Kier molecular flexibility index (Phi) is 5.08. The van der Waals surface area contributed by atoms with Crippen LogP contribution in [0.25, 0.3) is 0 Å². The Morgan fingerprint density at radius 3 is 2.50 bits per heavy atom. The lowest BCUT2D eigenvalue weighted by atomic mass is 9.81. The molecule has 3 fully saturated rings. The third-order valence-corrected chi connectivity index (χ3v) is 6.65. The normalized spacial score (nSPS) is 27.8. The largest absolute Gasteiger partial charge is 0.375 e. The SMILES string of the molecule is CN1CCN(C2CCOC3(CCN(C(=O)c4cccn4C)CC3)C2)CC1. The van der Waals surface area contributed by atoms with E-state index in [0.29, 0.717) is 6.04 Å². The number of nitrogens with zero attached hydrogens (tertiary/aromatic N) is 4. The molecule has 1 aromatic heterocycles. The monoisotopic (exact) mass is 360 g/mol. The van der Waals surface area contributed by atoms with E-state index in [9.17, 15) is 4.79 Å². The van der Waals surface area contributed by atoms with Crippen molar-refractivity contribution in [3.63, 3.8) is 0 Å². The minimum Gasteiger partial charge on any atom is -0.375 e. The molecule has 3 saturated heterocycles. The maximum Gasteiger partial charge on any atom is 0.270 e. The maximum absolute atomic E-state index is 12.7. The van der Waals surface area contributed by atoms with E-state index in [1.165, 1.54) is 26.2 Å². The molecular weight excluding hydrogens is 328 g/mol. The van der Waals surface area contributed by atoms with Crippen LogP contribution in [0.2, 0.25) is 0 Å². The molecule has 0 bridgehead atoms. The Balaban J connectivity index is 1.35. The highest BCUT2D eigenvalue weighted by Crippen LogP contribution is 2.37. The summed E-state index contributed by atoms with van der Waals surface area (Å²) < 4.78 is 8.22. The number of likely N-dealkylation sites (tertiary alicyclic amines) is 1. The molecule has 0 aromatic carbocycles. The fraction of sp³-hybridized carbons (Fsp3) is 0.750. The van der Waals surface area contributed by atoms with Gasteiger partial charge in [0.2, 0.25) is 0 Å². The van der Waals surface area contributed by atoms with Crippen molar-refractivity contribution in [3.8, 4) is 0 Å². The molecule has 0 radical (unpaired) electrons.